The lowest BCUT2D eigenvalue weighted by molar-refractivity contribution is 0.953. The van der Waals surface area contributed by atoms with E-state index in [1.54, 1.807) is 0 Å². The molecule has 0 saturated carbocycles. The van der Waals surface area contributed by atoms with E-state index in [1.807, 2.05) is 60.7 Å². The van der Waals surface area contributed by atoms with Gasteiger partial charge in [0.25, 0.3) is 0 Å². The standard InChI is InChI=1S/C45H29N5/c1-4-16-30(17-5-1)43-46-44(31-18-6-2-7-19-31)48-45(47-43)50-39-27-15-13-25-37(39)41-40(50)29-28-36-34-23-11-10-22-33(34)35-24-12-14-26-38(35)49(42(36)41)32-20-8-3-9-21-32/h1-29H. The van der Waals surface area contributed by atoms with Gasteiger partial charge >= 0.3 is 0 Å². The molecule has 0 amide bonds. The van der Waals surface area contributed by atoms with E-state index in [1.165, 1.54) is 22.3 Å². The third-order valence-corrected chi connectivity index (χ3v) is 9.59. The van der Waals surface area contributed by atoms with Crippen LogP contribution >= 0.6 is 0 Å². The average molecular weight is 640 g/mol. The molecule has 10 rings (SSSR count). The van der Waals surface area contributed by atoms with Gasteiger partial charge in [0, 0.05) is 38.7 Å². The summed E-state index contributed by atoms with van der Waals surface area (Å²) in [4.78, 5) is 17.8. The van der Waals surface area contributed by atoms with Gasteiger partial charge in [-0.15, -0.1) is 0 Å². The van der Waals surface area contributed by atoms with Crippen molar-refractivity contribution in [3.05, 3.63) is 176 Å². The topological polar surface area (TPSA) is 46.8 Å². The van der Waals surface area contributed by atoms with Crippen LogP contribution in [0.2, 0.25) is 0 Å². The summed E-state index contributed by atoms with van der Waals surface area (Å²) in [7, 11) is 0. The number of nitrogens with zero attached hydrogens (tertiary/aromatic N) is 5. The Bertz CT molecular complexity index is 2640. The Kier molecular flexibility index (Phi) is 6.42. The van der Waals surface area contributed by atoms with Crippen molar-refractivity contribution in [2.75, 3.05) is 4.90 Å². The summed E-state index contributed by atoms with van der Waals surface area (Å²) in [5, 5.41) is 2.26. The summed E-state index contributed by atoms with van der Waals surface area (Å²) in [6.07, 6.45) is 0. The van der Waals surface area contributed by atoms with Crippen LogP contribution in [0.25, 0.3) is 72.8 Å². The number of aromatic nitrogens is 4. The molecule has 7 aromatic carbocycles. The van der Waals surface area contributed by atoms with Crippen molar-refractivity contribution in [2.24, 2.45) is 0 Å². The molecule has 0 bridgehead atoms. The Labute approximate surface area is 289 Å². The fraction of sp³-hybridized carbons (Fsp3) is 0. The van der Waals surface area contributed by atoms with Gasteiger partial charge in [0.2, 0.25) is 5.95 Å². The van der Waals surface area contributed by atoms with E-state index in [0.29, 0.717) is 17.6 Å². The van der Waals surface area contributed by atoms with Crippen LogP contribution in [0.1, 0.15) is 0 Å². The van der Waals surface area contributed by atoms with E-state index in [0.717, 1.165) is 50.0 Å². The van der Waals surface area contributed by atoms with Gasteiger partial charge in [-0.2, -0.15) is 9.97 Å². The summed E-state index contributed by atoms with van der Waals surface area (Å²) in [6, 6.07) is 61.6. The highest BCUT2D eigenvalue weighted by Crippen LogP contribution is 2.54. The van der Waals surface area contributed by atoms with Crippen LogP contribution in [0, 0.1) is 0 Å². The van der Waals surface area contributed by atoms with Gasteiger partial charge < -0.3 is 4.90 Å². The van der Waals surface area contributed by atoms with E-state index in [9.17, 15) is 0 Å². The first-order valence-electron chi connectivity index (χ1n) is 16.8. The number of benzene rings is 7. The first-order valence-corrected chi connectivity index (χ1v) is 16.8. The zero-order chi connectivity index (χ0) is 33.0. The first-order chi connectivity index (χ1) is 24.8. The predicted octanol–water partition coefficient (Wildman–Crippen LogP) is 11.4. The molecule has 2 aromatic heterocycles. The maximum Gasteiger partial charge on any atom is 0.238 e. The Morgan fingerprint density at radius 3 is 1.60 bits per heavy atom. The van der Waals surface area contributed by atoms with Gasteiger partial charge in [-0.1, -0.05) is 146 Å². The van der Waals surface area contributed by atoms with Crippen LogP contribution in [-0.2, 0) is 0 Å². The Hall–Kier alpha value is -6.85. The van der Waals surface area contributed by atoms with Crippen molar-refractivity contribution in [3.63, 3.8) is 0 Å². The maximum absolute atomic E-state index is 5.18. The second-order valence-corrected chi connectivity index (χ2v) is 12.5. The monoisotopic (exact) mass is 639 g/mol. The molecule has 5 heteroatoms. The molecular formula is C45H29N5. The highest BCUT2D eigenvalue weighted by atomic mass is 15.2. The molecule has 0 N–H and O–H groups in total. The number of fused-ring (bicyclic) bond motifs is 9. The first kappa shape index (κ1) is 28.2. The molecular weight excluding hydrogens is 611 g/mol. The molecule has 234 valence electrons. The smallest absolute Gasteiger partial charge is 0.238 e. The molecule has 5 nitrogen and oxygen atoms in total. The number of rotatable bonds is 4. The summed E-state index contributed by atoms with van der Waals surface area (Å²) in [5.41, 5.74) is 12.0. The lowest BCUT2D eigenvalue weighted by Crippen LogP contribution is -2.11. The summed E-state index contributed by atoms with van der Waals surface area (Å²) >= 11 is 0. The molecule has 0 fully saturated rings. The molecule has 9 aromatic rings. The van der Waals surface area contributed by atoms with Crippen molar-refractivity contribution < 1.29 is 0 Å². The molecule has 0 atom stereocenters. The van der Waals surface area contributed by atoms with Gasteiger partial charge in [-0.3, -0.25) is 4.57 Å². The highest BCUT2D eigenvalue weighted by Gasteiger charge is 2.30. The minimum Gasteiger partial charge on any atom is -0.309 e. The zero-order valence-corrected chi connectivity index (χ0v) is 27.0. The third kappa shape index (κ3) is 4.37. The van der Waals surface area contributed by atoms with Crippen LogP contribution in [0.15, 0.2) is 176 Å². The minimum atomic E-state index is 0.574. The number of hydrogen-bond acceptors (Lipinski definition) is 4. The molecule has 0 saturated heterocycles. The highest BCUT2D eigenvalue weighted by molar-refractivity contribution is 6.21. The molecule has 0 spiro atoms. The van der Waals surface area contributed by atoms with Crippen LogP contribution in [-0.4, -0.2) is 19.5 Å². The molecule has 1 aliphatic rings. The van der Waals surface area contributed by atoms with Gasteiger partial charge in [0.15, 0.2) is 11.6 Å². The zero-order valence-electron chi connectivity index (χ0n) is 27.0. The van der Waals surface area contributed by atoms with Crippen molar-refractivity contribution in [1.29, 1.82) is 0 Å². The Morgan fingerprint density at radius 2 is 0.920 bits per heavy atom. The lowest BCUT2D eigenvalue weighted by Gasteiger charge is -2.28. The van der Waals surface area contributed by atoms with Crippen LogP contribution in [0.4, 0.5) is 17.1 Å². The van der Waals surface area contributed by atoms with Crippen LogP contribution < -0.4 is 4.90 Å². The molecule has 3 heterocycles. The molecule has 50 heavy (non-hydrogen) atoms. The van der Waals surface area contributed by atoms with Crippen molar-refractivity contribution in [1.82, 2.24) is 19.5 Å². The number of hydrogen-bond donors (Lipinski definition) is 0. The summed E-state index contributed by atoms with van der Waals surface area (Å²) in [6.45, 7) is 0. The Morgan fingerprint density at radius 1 is 0.380 bits per heavy atom. The van der Waals surface area contributed by atoms with Crippen molar-refractivity contribution >= 4 is 38.9 Å². The summed E-state index contributed by atoms with van der Waals surface area (Å²) in [5.74, 6) is 1.83. The van der Waals surface area contributed by atoms with E-state index in [4.69, 9.17) is 15.0 Å². The van der Waals surface area contributed by atoms with Gasteiger partial charge in [-0.05, 0) is 41.5 Å². The fourth-order valence-electron chi connectivity index (χ4n) is 7.42. The van der Waals surface area contributed by atoms with Crippen LogP contribution in [0.3, 0.4) is 0 Å². The molecule has 1 aliphatic heterocycles. The summed E-state index contributed by atoms with van der Waals surface area (Å²) < 4.78 is 2.21. The second kappa shape index (κ2) is 11.4. The SMILES string of the molecule is c1ccc(-c2nc(-c3ccccc3)nc(-n3c4ccccc4c4c5c(ccc43)-c3ccccc3-c3ccccc3N5c3ccccc3)n2)cc1. The second-order valence-electron chi connectivity index (χ2n) is 12.5. The molecule has 0 unspecified atom stereocenters. The number of para-hydroxylation sites is 3. The quantitative estimate of drug-likeness (QED) is 0.192. The van der Waals surface area contributed by atoms with Gasteiger partial charge in [0.05, 0.1) is 22.4 Å². The van der Waals surface area contributed by atoms with Gasteiger partial charge in [0.1, 0.15) is 0 Å². The lowest BCUT2D eigenvalue weighted by atomic mass is 9.93. The largest absolute Gasteiger partial charge is 0.309 e. The number of anilines is 3. The molecule has 0 aliphatic carbocycles. The molecule has 0 radical (unpaired) electrons. The van der Waals surface area contributed by atoms with E-state index in [2.05, 4.69) is 125 Å². The Balaban J connectivity index is 1.35. The van der Waals surface area contributed by atoms with E-state index < -0.39 is 0 Å². The van der Waals surface area contributed by atoms with E-state index in [-0.39, 0.29) is 0 Å². The van der Waals surface area contributed by atoms with Gasteiger partial charge in [-0.25, -0.2) is 4.98 Å². The third-order valence-electron chi connectivity index (χ3n) is 9.59. The predicted molar refractivity (Wildman–Crippen MR) is 204 cm³/mol. The fourth-order valence-corrected chi connectivity index (χ4v) is 7.42. The average Bonchev–Trinajstić information content (AvgIpc) is 3.47. The van der Waals surface area contributed by atoms with Crippen LogP contribution in [0.5, 0.6) is 0 Å². The van der Waals surface area contributed by atoms with E-state index >= 15 is 0 Å². The normalized spacial score (nSPS) is 12.0. The maximum atomic E-state index is 5.18. The van der Waals surface area contributed by atoms with Crippen molar-refractivity contribution in [3.8, 4) is 51.0 Å². The minimum absolute atomic E-state index is 0.574. The van der Waals surface area contributed by atoms with Crippen molar-refractivity contribution in [2.45, 2.75) is 0 Å².